The Morgan fingerprint density at radius 3 is 1.74 bits per heavy atom. The third-order valence-electron chi connectivity index (χ3n) is 12.6. The van der Waals surface area contributed by atoms with Gasteiger partial charge < -0.3 is 4.57 Å². The number of hydrogen-bond acceptors (Lipinski definition) is 0. The molecule has 0 saturated heterocycles. The molecule has 268 valence electrons. The molecule has 0 N–H and O–H groups in total. The fourth-order valence-electron chi connectivity index (χ4n) is 9.33. The normalized spacial score (nSPS) is 13.9. The van der Waals surface area contributed by atoms with Crippen LogP contribution < -0.4 is 0 Å². The van der Waals surface area contributed by atoms with Crippen LogP contribution in [-0.4, -0.2) is 4.57 Å². The number of hydrogen-bond donors (Lipinski definition) is 0. The molecule has 1 heterocycles. The molecular weight excluding hydrogens is 651 g/mol. The molecule has 9 aromatic rings. The zero-order valence-corrected chi connectivity index (χ0v) is 33.3. The van der Waals surface area contributed by atoms with E-state index in [2.05, 4.69) is 200 Å². The number of nitrogens with zero attached hydrogens (tertiary/aromatic N) is 1. The third-order valence-corrected chi connectivity index (χ3v) is 12.6. The zero-order chi connectivity index (χ0) is 37.7. The minimum atomic E-state index is 0.0326. The lowest BCUT2D eigenvalue weighted by Crippen LogP contribution is -2.14. The first kappa shape index (κ1) is 34.4. The van der Waals surface area contributed by atoms with Crippen LogP contribution in [0.1, 0.15) is 95.0 Å². The molecule has 0 fully saturated rings. The van der Waals surface area contributed by atoms with Crippen molar-refractivity contribution in [2.24, 2.45) is 0 Å². The maximum atomic E-state index is 2.54. The summed E-state index contributed by atoms with van der Waals surface area (Å²) in [6, 6.07) is 50.7. The molecule has 0 spiro atoms. The zero-order valence-electron chi connectivity index (χ0n) is 33.3. The summed E-state index contributed by atoms with van der Waals surface area (Å²) in [5, 5.41) is 10.7. The minimum Gasteiger partial charge on any atom is -0.309 e. The van der Waals surface area contributed by atoms with E-state index in [1.807, 2.05) is 0 Å². The van der Waals surface area contributed by atoms with Crippen molar-refractivity contribution in [2.45, 2.75) is 85.0 Å². The largest absolute Gasteiger partial charge is 0.309 e. The van der Waals surface area contributed by atoms with Crippen LogP contribution in [0.3, 0.4) is 0 Å². The van der Waals surface area contributed by atoms with Gasteiger partial charge in [-0.05, 0) is 108 Å². The van der Waals surface area contributed by atoms with E-state index >= 15 is 0 Å². The second-order valence-electron chi connectivity index (χ2n) is 17.9. The molecule has 0 saturated carbocycles. The maximum Gasteiger partial charge on any atom is 0.0626 e. The molecule has 8 aromatic carbocycles. The first-order chi connectivity index (χ1) is 25.8. The Morgan fingerprint density at radius 2 is 1.06 bits per heavy atom. The summed E-state index contributed by atoms with van der Waals surface area (Å²) >= 11 is 0. The molecule has 1 nitrogen and oxygen atoms in total. The highest BCUT2D eigenvalue weighted by molar-refractivity contribution is 6.39. The number of para-hydroxylation sites is 1. The van der Waals surface area contributed by atoms with E-state index < -0.39 is 0 Å². The van der Waals surface area contributed by atoms with Gasteiger partial charge in [0.05, 0.1) is 11.0 Å². The molecule has 1 aromatic heterocycles. The molecule has 2 atom stereocenters. The minimum absolute atomic E-state index is 0.0326. The highest BCUT2D eigenvalue weighted by atomic mass is 15.0. The Labute approximate surface area is 320 Å². The van der Waals surface area contributed by atoms with Crippen molar-refractivity contribution < 1.29 is 0 Å². The van der Waals surface area contributed by atoms with Crippen molar-refractivity contribution in [1.29, 1.82) is 0 Å². The SMILES string of the molecule is Cc1c(-c2ccc(C(C)(C)C)cc2C(C)C(C)c2ccccc2)c2cccc3c2c2c1cccc2c1c2ccc(C(C)(C)C)cc2n(-c2ccccc2)c31. The Kier molecular flexibility index (Phi) is 7.84. The molecule has 9 rings (SSSR count). The quantitative estimate of drug-likeness (QED) is 0.157. The molecular formula is C53H51N. The van der Waals surface area contributed by atoms with Gasteiger partial charge in [-0.3, -0.25) is 0 Å². The number of rotatable bonds is 5. The van der Waals surface area contributed by atoms with Crippen LogP contribution in [0, 0.1) is 6.92 Å². The lowest BCUT2D eigenvalue weighted by atomic mass is 9.75. The van der Waals surface area contributed by atoms with Gasteiger partial charge in [0.1, 0.15) is 0 Å². The van der Waals surface area contributed by atoms with Crippen molar-refractivity contribution in [3.05, 3.63) is 161 Å². The fourth-order valence-corrected chi connectivity index (χ4v) is 9.33. The Morgan fingerprint density at radius 1 is 0.481 bits per heavy atom. The van der Waals surface area contributed by atoms with E-state index in [1.54, 1.807) is 0 Å². The maximum absolute atomic E-state index is 2.54. The number of aromatic nitrogens is 1. The van der Waals surface area contributed by atoms with Crippen LogP contribution in [-0.2, 0) is 10.8 Å². The van der Waals surface area contributed by atoms with Crippen molar-refractivity contribution in [3.63, 3.8) is 0 Å². The Hall–Kier alpha value is -5.40. The third kappa shape index (κ3) is 5.19. The van der Waals surface area contributed by atoms with Crippen LogP contribution >= 0.6 is 0 Å². The van der Waals surface area contributed by atoms with Crippen molar-refractivity contribution in [1.82, 2.24) is 4.57 Å². The van der Waals surface area contributed by atoms with Crippen molar-refractivity contribution >= 4 is 54.1 Å². The Bertz CT molecular complexity index is 2860. The first-order valence-corrected chi connectivity index (χ1v) is 19.8. The monoisotopic (exact) mass is 701 g/mol. The van der Waals surface area contributed by atoms with E-state index in [1.165, 1.54) is 98.8 Å². The van der Waals surface area contributed by atoms with Crippen molar-refractivity contribution in [3.8, 4) is 16.8 Å². The lowest BCUT2D eigenvalue weighted by molar-refractivity contribution is 0.582. The Balaban J connectivity index is 1.44. The van der Waals surface area contributed by atoms with E-state index in [0.717, 1.165) is 0 Å². The summed E-state index contributed by atoms with van der Waals surface area (Å²) in [7, 11) is 0. The van der Waals surface area contributed by atoms with E-state index in [-0.39, 0.29) is 10.8 Å². The molecule has 54 heavy (non-hydrogen) atoms. The summed E-state index contributed by atoms with van der Waals surface area (Å²) in [6.45, 7) is 21.1. The summed E-state index contributed by atoms with van der Waals surface area (Å²) in [5.41, 5.74) is 13.4. The topological polar surface area (TPSA) is 4.93 Å². The van der Waals surface area contributed by atoms with Gasteiger partial charge in [-0.25, -0.2) is 0 Å². The highest BCUT2D eigenvalue weighted by Crippen LogP contribution is 2.51. The van der Waals surface area contributed by atoms with E-state index in [9.17, 15) is 0 Å². The van der Waals surface area contributed by atoms with Crippen LogP contribution in [0.4, 0.5) is 0 Å². The van der Waals surface area contributed by atoms with Gasteiger partial charge in [0.25, 0.3) is 0 Å². The van der Waals surface area contributed by atoms with Crippen LogP contribution in [0.25, 0.3) is 70.9 Å². The molecule has 0 aliphatic heterocycles. The molecule has 0 aliphatic rings. The van der Waals surface area contributed by atoms with E-state index in [4.69, 9.17) is 0 Å². The number of aryl methyl sites for hydroxylation is 1. The standard InChI is InChI=1S/C53H51N/c1-32(35-18-12-10-13-19-35)33(2)45-30-36(52(4,5)6)26-28-40(45)47-34(3)39-22-16-24-43-48(39)49-42(47)23-17-25-44(49)51-50(43)41-29-27-37(53(7,8)9)31-46(41)54(51)38-20-14-11-15-21-38/h10-33H,1-9H3. The summed E-state index contributed by atoms with van der Waals surface area (Å²) in [4.78, 5) is 0. The van der Waals surface area contributed by atoms with Gasteiger partial charge in [-0.15, -0.1) is 0 Å². The van der Waals surface area contributed by atoms with Crippen LogP contribution in [0.15, 0.2) is 133 Å². The van der Waals surface area contributed by atoms with Gasteiger partial charge >= 0.3 is 0 Å². The summed E-state index contributed by atoms with van der Waals surface area (Å²) in [6.07, 6.45) is 0. The van der Waals surface area contributed by atoms with Gasteiger partial charge in [-0.1, -0.05) is 171 Å². The van der Waals surface area contributed by atoms with Crippen LogP contribution in [0.5, 0.6) is 0 Å². The van der Waals surface area contributed by atoms with Gasteiger partial charge in [0.15, 0.2) is 0 Å². The predicted molar refractivity (Wildman–Crippen MR) is 235 cm³/mol. The lowest BCUT2D eigenvalue weighted by Gasteiger charge is -2.29. The molecule has 0 radical (unpaired) electrons. The molecule has 1 heteroatoms. The highest BCUT2D eigenvalue weighted by Gasteiger charge is 2.28. The van der Waals surface area contributed by atoms with Gasteiger partial charge in [-0.2, -0.15) is 0 Å². The smallest absolute Gasteiger partial charge is 0.0626 e. The number of fused-ring (bicyclic) bond motifs is 5. The summed E-state index contributed by atoms with van der Waals surface area (Å²) < 4.78 is 2.54. The molecule has 0 bridgehead atoms. The average Bonchev–Trinajstić information content (AvgIpc) is 3.52. The fraction of sp³-hybridized carbons (Fsp3) is 0.245. The second-order valence-corrected chi connectivity index (χ2v) is 17.9. The van der Waals surface area contributed by atoms with Crippen molar-refractivity contribution in [2.75, 3.05) is 0 Å². The van der Waals surface area contributed by atoms with E-state index in [0.29, 0.717) is 11.8 Å². The van der Waals surface area contributed by atoms with Crippen LogP contribution in [0.2, 0.25) is 0 Å². The van der Waals surface area contributed by atoms with Gasteiger partial charge in [0.2, 0.25) is 0 Å². The number of benzene rings is 8. The molecule has 0 aliphatic carbocycles. The second kappa shape index (κ2) is 12.3. The molecule has 2 unspecified atom stereocenters. The molecule has 0 amide bonds. The van der Waals surface area contributed by atoms with Gasteiger partial charge in [0, 0.05) is 27.2 Å². The predicted octanol–water partition coefficient (Wildman–Crippen LogP) is 15.2. The summed E-state index contributed by atoms with van der Waals surface area (Å²) in [5.74, 6) is 0.664. The first-order valence-electron chi connectivity index (χ1n) is 19.8. The average molecular weight is 702 g/mol.